The molecule has 0 aromatic heterocycles. The van der Waals surface area contributed by atoms with Crippen LogP contribution in [0.15, 0.2) is 71.4 Å². The van der Waals surface area contributed by atoms with Crippen LogP contribution in [0.1, 0.15) is 21.5 Å². The van der Waals surface area contributed by atoms with Gasteiger partial charge in [-0.25, -0.2) is 14.6 Å². The molecular weight excluding hydrogens is 499 g/mol. The smallest absolute Gasteiger partial charge is 0.363 e. The Labute approximate surface area is 208 Å². The summed E-state index contributed by atoms with van der Waals surface area (Å²) in [6.45, 7) is 0. The first-order chi connectivity index (χ1) is 16.8. The Morgan fingerprint density at radius 1 is 1.09 bits per heavy atom. The Kier molecular flexibility index (Phi) is 6.81. The molecule has 9 nitrogen and oxygen atoms in total. The third-order valence-electron chi connectivity index (χ3n) is 4.79. The number of nitrogens with zero attached hydrogens (tertiary/aromatic N) is 2. The summed E-state index contributed by atoms with van der Waals surface area (Å²) in [4.78, 5) is 39.3. The number of ether oxygens (including phenoxy) is 3. The molecule has 1 heterocycles. The highest BCUT2D eigenvalue weighted by atomic mass is 35.5. The number of non-ortho nitro benzene ring substituents is 1. The Morgan fingerprint density at radius 2 is 1.80 bits per heavy atom. The topological polar surface area (TPSA) is 117 Å². The molecule has 0 radical (unpaired) electrons. The van der Waals surface area contributed by atoms with E-state index in [0.29, 0.717) is 11.1 Å². The predicted molar refractivity (Wildman–Crippen MR) is 128 cm³/mol. The summed E-state index contributed by atoms with van der Waals surface area (Å²) in [5.41, 5.74) is 0.832. The van der Waals surface area contributed by atoms with Crippen LogP contribution >= 0.6 is 23.2 Å². The van der Waals surface area contributed by atoms with Crippen LogP contribution in [0, 0.1) is 10.1 Å². The average Bonchev–Trinajstić information content (AvgIpc) is 3.20. The standard InChI is InChI=1S/C24H14Cl2N2O7/c1-33-20-12-13(10-18(26)21(20)34-23(29)16-4-2-3-5-17(16)25)11-19-24(30)35-22(27-19)14-6-8-15(9-7-14)28(31)32/h2-12H,1H3/b19-11-. The van der Waals surface area contributed by atoms with Crippen molar-refractivity contribution in [2.45, 2.75) is 0 Å². The first-order valence-electron chi connectivity index (χ1n) is 9.88. The summed E-state index contributed by atoms with van der Waals surface area (Å²) in [5, 5.41) is 11.1. The number of esters is 2. The predicted octanol–water partition coefficient (Wildman–Crippen LogP) is 5.47. The van der Waals surface area contributed by atoms with E-state index in [4.69, 9.17) is 37.4 Å². The average molecular weight is 513 g/mol. The number of carbonyl (C=O) groups excluding carboxylic acids is 2. The highest BCUT2D eigenvalue weighted by Crippen LogP contribution is 2.38. The summed E-state index contributed by atoms with van der Waals surface area (Å²) < 4.78 is 15.9. The molecule has 0 saturated carbocycles. The number of hydrogen-bond acceptors (Lipinski definition) is 8. The molecule has 0 bridgehead atoms. The number of nitro groups is 1. The van der Waals surface area contributed by atoms with Gasteiger partial charge in [-0.15, -0.1) is 0 Å². The van der Waals surface area contributed by atoms with Gasteiger partial charge in [-0.05, 0) is 48.0 Å². The van der Waals surface area contributed by atoms with E-state index in [1.165, 1.54) is 55.7 Å². The van der Waals surface area contributed by atoms with Crippen LogP contribution in [-0.2, 0) is 9.53 Å². The van der Waals surface area contributed by atoms with Gasteiger partial charge in [-0.2, -0.15) is 0 Å². The van der Waals surface area contributed by atoms with Crippen molar-refractivity contribution in [1.29, 1.82) is 0 Å². The highest BCUT2D eigenvalue weighted by Gasteiger charge is 2.25. The zero-order chi connectivity index (χ0) is 25.1. The van der Waals surface area contributed by atoms with Gasteiger partial charge in [0.2, 0.25) is 5.90 Å². The van der Waals surface area contributed by atoms with E-state index in [-0.39, 0.29) is 44.4 Å². The summed E-state index contributed by atoms with van der Waals surface area (Å²) in [7, 11) is 1.37. The van der Waals surface area contributed by atoms with Crippen LogP contribution in [0.4, 0.5) is 5.69 Å². The molecule has 3 aromatic carbocycles. The number of nitro benzene ring substituents is 1. The van der Waals surface area contributed by atoms with E-state index in [1.807, 2.05) is 0 Å². The Morgan fingerprint density at radius 3 is 2.46 bits per heavy atom. The summed E-state index contributed by atoms with van der Waals surface area (Å²) in [6, 6.07) is 14.8. The summed E-state index contributed by atoms with van der Waals surface area (Å²) in [5.74, 6) is -1.33. The first kappa shape index (κ1) is 23.9. The largest absolute Gasteiger partial charge is 0.493 e. The van der Waals surface area contributed by atoms with E-state index < -0.39 is 16.9 Å². The van der Waals surface area contributed by atoms with Crippen LogP contribution in [-0.4, -0.2) is 29.9 Å². The molecule has 0 amide bonds. The third kappa shape index (κ3) is 5.16. The van der Waals surface area contributed by atoms with Crippen molar-refractivity contribution in [3.8, 4) is 11.5 Å². The molecule has 1 aliphatic rings. The molecule has 0 aliphatic carbocycles. The van der Waals surface area contributed by atoms with Gasteiger partial charge < -0.3 is 14.2 Å². The van der Waals surface area contributed by atoms with E-state index >= 15 is 0 Å². The quantitative estimate of drug-likeness (QED) is 0.141. The normalized spacial score (nSPS) is 13.9. The SMILES string of the molecule is COc1cc(/C=C2\N=C(c3ccc([N+](=O)[O-])cc3)OC2=O)cc(Cl)c1OC(=O)c1ccccc1Cl. The fraction of sp³-hybridized carbons (Fsp3) is 0.0417. The maximum Gasteiger partial charge on any atom is 0.363 e. The van der Waals surface area contributed by atoms with Crippen LogP contribution in [0.3, 0.4) is 0 Å². The minimum Gasteiger partial charge on any atom is -0.493 e. The number of rotatable bonds is 6. The second kappa shape index (κ2) is 9.96. The maximum absolute atomic E-state index is 12.5. The molecule has 11 heteroatoms. The lowest BCUT2D eigenvalue weighted by atomic mass is 10.1. The molecule has 0 atom stereocenters. The van der Waals surface area contributed by atoms with Gasteiger partial charge in [0.05, 0.1) is 27.6 Å². The van der Waals surface area contributed by atoms with E-state index in [1.54, 1.807) is 18.2 Å². The first-order valence-corrected chi connectivity index (χ1v) is 10.6. The molecule has 35 heavy (non-hydrogen) atoms. The van der Waals surface area contributed by atoms with Gasteiger partial charge in [-0.3, -0.25) is 10.1 Å². The second-order valence-corrected chi connectivity index (χ2v) is 7.86. The van der Waals surface area contributed by atoms with E-state index in [9.17, 15) is 19.7 Å². The number of halogens is 2. The van der Waals surface area contributed by atoms with Crippen molar-refractivity contribution in [2.24, 2.45) is 4.99 Å². The number of cyclic esters (lactones) is 1. The number of benzene rings is 3. The number of aliphatic imine (C=N–C) groups is 1. The number of hydrogen-bond donors (Lipinski definition) is 0. The van der Waals surface area contributed by atoms with Crippen LogP contribution in [0.5, 0.6) is 11.5 Å². The third-order valence-corrected chi connectivity index (χ3v) is 5.40. The molecule has 0 saturated heterocycles. The van der Waals surface area contributed by atoms with Gasteiger partial charge in [0.1, 0.15) is 0 Å². The van der Waals surface area contributed by atoms with Crippen molar-refractivity contribution < 1.29 is 28.7 Å². The summed E-state index contributed by atoms with van der Waals surface area (Å²) in [6.07, 6.45) is 1.41. The van der Waals surface area contributed by atoms with Gasteiger partial charge in [0, 0.05) is 17.7 Å². The highest BCUT2D eigenvalue weighted by molar-refractivity contribution is 6.34. The van der Waals surface area contributed by atoms with Crippen molar-refractivity contribution in [2.75, 3.05) is 7.11 Å². The van der Waals surface area contributed by atoms with Gasteiger partial charge in [-0.1, -0.05) is 35.3 Å². The molecule has 0 unspecified atom stereocenters. The molecule has 0 spiro atoms. The molecule has 4 rings (SSSR count). The van der Waals surface area contributed by atoms with Gasteiger partial charge in [0.25, 0.3) is 5.69 Å². The fourth-order valence-corrected chi connectivity index (χ4v) is 3.58. The molecule has 0 N–H and O–H groups in total. The molecule has 1 aliphatic heterocycles. The van der Waals surface area contributed by atoms with Crippen LogP contribution in [0.2, 0.25) is 10.0 Å². The lowest BCUT2D eigenvalue weighted by Crippen LogP contribution is -2.10. The van der Waals surface area contributed by atoms with Gasteiger partial charge in [0.15, 0.2) is 17.2 Å². The Balaban J connectivity index is 1.61. The zero-order valence-electron chi connectivity index (χ0n) is 17.9. The minimum atomic E-state index is -0.724. The number of carbonyl (C=O) groups is 2. The monoisotopic (exact) mass is 512 g/mol. The van der Waals surface area contributed by atoms with E-state index in [0.717, 1.165) is 0 Å². The lowest BCUT2D eigenvalue weighted by molar-refractivity contribution is -0.384. The van der Waals surface area contributed by atoms with Gasteiger partial charge >= 0.3 is 11.9 Å². The van der Waals surface area contributed by atoms with E-state index in [2.05, 4.69) is 4.99 Å². The van der Waals surface area contributed by atoms with Crippen molar-refractivity contribution in [3.63, 3.8) is 0 Å². The van der Waals surface area contributed by atoms with Crippen molar-refractivity contribution in [3.05, 3.63) is 103 Å². The summed E-state index contributed by atoms with van der Waals surface area (Å²) >= 11 is 12.4. The van der Waals surface area contributed by atoms with Crippen molar-refractivity contribution >= 4 is 52.8 Å². The lowest BCUT2D eigenvalue weighted by Gasteiger charge is -2.12. The van der Waals surface area contributed by atoms with Crippen LogP contribution < -0.4 is 9.47 Å². The number of methoxy groups -OCH3 is 1. The zero-order valence-corrected chi connectivity index (χ0v) is 19.4. The molecule has 3 aromatic rings. The molecule has 176 valence electrons. The Hall–Kier alpha value is -4.21. The minimum absolute atomic E-state index is 0.000463. The second-order valence-electron chi connectivity index (χ2n) is 7.04. The fourth-order valence-electron chi connectivity index (χ4n) is 3.11. The molecular formula is C24H14Cl2N2O7. The maximum atomic E-state index is 12.5. The van der Waals surface area contributed by atoms with Crippen molar-refractivity contribution in [1.82, 2.24) is 0 Å². The van der Waals surface area contributed by atoms with Crippen LogP contribution in [0.25, 0.3) is 6.08 Å². The molecule has 0 fully saturated rings. The Bertz CT molecular complexity index is 1420.